The maximum Gasteiger partial charge on any atom is 0.349 e. The van der Waals surface area contributed by atoms with Crippen molar-refractivity contribution in [2.45, 2.75) is 19.9 Å². The van der Waals surface area contributed by atoms with Crippen LogP contribution in [0.25, 0.3) is 11.0 Å². The van der Waals surface area contributed by atoms with Gasteiger partial charge in [-0.2, -0.15) is 0 Å². The highest BCUT2D eigenvalue weighted by atomic mass is 16.4. The summed E-state index contributed by atoms with van der Waals surface area (Å²) < 4.78 is 5.05. The molecule has 2 N–H and O–H groups in total. The third-order valence-electron chi connectivity index (χ3n) is 3.11. The van der Waals surface area contributed by atoms with Crippen molar-refractivity contribution in [2.24, 2.45) is 5.92 Å². The summed E-state index contributed by atoms with van der Waals surface area (Å²) in [6.45, 7) is 3.34. The zero-order valence-corrected chi connectivity index (χ0v) is 11.6. The zero-order chi connectivity index (χ0) is 15.6. The van der Waals surface area contributed by atoms with Crippen molar-refractivity contribution in [3.63, 3.8) is 0 Å². The van der Waals surface area contributed by atoms with E-state index in [2.05, 4.69) is 5.32 Å². The minimum atomic E-state index is -1.15. The lowest BCUT2D eigenvalue weighted by molar-refractivity contribution is -0.140. The molecule has 1 atom stereocenters. The topological polar surface area (TPSA) is 96.6 Å². The summed E-state index contributed by atoms with van der Waals surface area (Å²) in [5.41, 5.74) is -0.627. The van der Waals surface area contributed by atoms with E-state index >= 15 is 0 Å². The van der Waals surface area contributed by atoms with Crippen molar-refractivity contribution in [1.29, 1.82) is 0 Å². The summed E-state index contributed by atoms with van der Waals surface area (Å²) >= 11 is 0. The van der Waals surface area contributed by atoms with Crippen LogP contribution in [-0.4, -0.2) is 23.0 Å². The van der Waals surface area contributed by atoms with E-state index in [1.165, 1.54) is 6.07 Å². The Hall–Kier alpha value is -2.63. The highest BCUT2D eigenvalue weighted by molar-refractivity contribution is 5.98. The van der Waals surface area contributed by atoms with Gasteiger partial charge in [0.1, 0.15) is 17.2 Å². The lowest BCUT2D eigenvalue weighted by atomic mass is 10.0. The number of carboxylic acids is 1. The minimum Gasteiger partial charge on any atom is -0.480 e. The van der Waals surface area contributed by atoms with Gasteiger partial charge in [0.25, 0.3) is 5.91 Å². The number of carbonyl (C=O) groups is 2. The molecule has 110 valence electrons. The minimum absolute atomic E-state index is 0.208. The highest BCUT2D eigenvalue weighted by Crippen LogP contribution is 2.13. The second-order valence-electron chi connectivity index (χ2n) is 5.02. The lowest BCUT2D eigenvalue weighted by Crippen LogP contribution is -2.45. The van der Waals surface area contributed by atoms with Crippen molar-refractivity contribution in [2.75, 3.05) is 0 Å². The SMILES string of the molecule is CC(C)C(NC(=O)c1cc2ccccc2oc1=O)C(=O)O. The van der Waals surface area contributed by atoms with E-state index in [9.17, 15) is 14.4 Å². The molecule has 2 rings (SSSR count). The van der Waals surface area contributed by atoms with Gasteiger partial charge in [0.05, 0.1) is 0 Å². The molecule has 1 unspecified atom stereocenters. The van der Waals surface area contributed by atoms with E-state index in [0.717, 1.165) is 0 Å². The lowest BCUT2D eigenvalue weighted by Gasteiger charge is -2.17. The Morgan fingerprint density at radius 1 is 1.24 bits per heavy atom. The number of amides is 1. The number of para-hydroxylation sites is 1. The van der Waals surface area contributed by atoms with Gasteiger partial charge in [-0.15, -0.1) is 0 Å². The van der Waals surface area contributed by atoms with E-state index < -0.39 is 23.5 Å². The molecule has 0 saturated heterocycles. The average Bonchev–Trinajstić information content (AvgIpc) is 2.43. The first-order valence-corrected chi connectivity index (χ1v) is 6.46. The van der Waals surface area contributed by atoms with Crippen molar-refractivity contribution in [3.8, 4) is 0 Å². The van der Waals surface area contributed by atoms with E-state index in [-0.39, 0.29) is 11.5 Å². The quantitative estimate of drug-likeness (QED) is 0.834. The molecule has 2 aromatic rings. The first kappa shape index (κ1) is 14.8. The first-order valence-electron chi connectivity index (χ1n) is 6.46. The number of hydrogen-bond acceptors (Lipinski definition) is 4. The molecule has 6 nitrogen and oxygen atoms in total. The summed E-state index contributed by atoms with van der Waals surface area (Å²) in [6, 6.07) is 7.11. The van der Waals surface area contributed by atoms with E-state index in [4.69, 9.17) is 9.52 Å². The molecule has 0 radical (unpaired) electrons. The summed E-state index contributed by atoms with van der Waals surface area (Å²) in [5, 5.41) is 12.0. The maximum atomic E-state index is 12.1. The molecule has 0 aliphatic rings. The second-order valence-corrected chi connectivity index (χ2v) is 5.02. The summed E-state index contributed by atoms with van der Waals surface area (Å²) in [6.07, 6.45) is 0. The van der Waals surface area contributed by atoms with Crippen molar-refractivity contribution in [3.05, 3.63) is 46.3 Å². The number of fused-ring (bicyclic) bond motifs is 1. The van der Waals surface area contributed by atoms with Gasteiger partial charge in [0, 0.05) is 5.39 Å². The number of carboxylic acid groups (broad SMARTS) is 1. The van der Waals surface area contributed by atoms with Crippen LogP contribution >= 0.6 is 0 Å². The Morgan fingerprint density at radius 2 is 1.90 bits per heavy atom. The molecule has 0 saturated carbocycles. The smallest absolute Gasteiger partial charge is 0.349 e. The van der Waals surface area contributed by atoms with Gasteiger partial charge in [-0.05, 0) is 18.1 Å². The number of nitrogens with one attached hydrogen (secondary N) is 1. The van der Waals surface area contributed by atoms with Crippen LogP contribution in [0.5, 0.6) is 0 Å². The van der Waals surface area contributed by atoms with Crippen LogP contribution in [0.3, 0.4) is 0 Å². The fourth-order valence-corrected chi connectivity index (χ4v) is 1.95. The van der Waals surface area contributed by atoms with Gasteiger partial charge in [-0.25, -0.2) is 9.59 Å². The predicted molar refractivity (Wildman–Crippen MR) is 76.2 cm³/mol. The third-order valence-corrected chi connectivity index (χ3v) is 3.11. The van der Waals surface area contributed by atoms with Gasteiger partial charge in [0.15, 0.2) is 0 Å². The number of rotatable bonds is 4. The standard InChI is InChI=1S/C15H15NO5/c1-8(2)12(14(18)19)16-13(17)10-7-9-5-3-4-6-11(9)21-15(10)20/h3-8,12H,1-2H3,(H,16,17)(H,18,19). The Kier molecular flexibility index (Phi) is 4.07. The maximum absolute atomic E-state index is 12.1. The Bertz CT molecular complexity index is 747. The number of benzene rings is 1. The Balaban J connectivity index is 2.37. The van der Waals surface area contributed by atoms with Crippen molar-refractivity contribution < 1.29 is 19.1 Å². The second kappa shape index (κ2) is 5.78. The first-order chi connectivity index (χ1) is 9.90. The monoisotopic (exact) mass is 289 g/mol. The van der Waals surface area contributed by atoms with Gasteiger partial charge in [0.2, 0.25) is 0 Å². The molecule has 21 heavy (non-hydrogen) atoms. The van der Waals surface area contributed by atoms with Crippen LogP contribution in [0.1, 0.15) is 24.2 Å². The molecule has 1 amide bonds. The zero-order valence-electron chi connectivity index (χ0n) is 11.6. The molecule has 0 spiro atoms. The number of hydrogen-bond donors (Lipinski definition) is 2. The van der Waals surface area contributed by atoms with Crippen LogP contribution in [0.15, 0.2) is 39.5 Å². The summed E-state index contributed by atoms with van der Waals surface area (Å²) in [5.74, 6) is -2.21. The Labute approximate surface area is 120 Å². The van der Waals surface area contributed by atoms with Gasteiger partial charge in [-0.3, -0.25) is 4.79 Å². The van der Waals surface area contributed by atoms with Crippen molar-refractivity contribution in [1.82, 2.24) is 5.32 Å². The summed E-state index contributed by atoms with van der Waals surface area (Å²) in [7, 11) is 0. The normalized spacial score (nSPS) is 12.3. The van der Waals surface area contributed by atoms with E-state index in [1.807, 2.05) is 0 Å². The largest absolute Gasteiger partial charge is 0.480 e. The van der Waals surface area contributed by atoms with Gasteiger partial charge < -0.3 is 14.8 Å². The Morgan fingerprint density at radius 3 is 2.52 bits per heavy atom. The molecule has 6 heteroatoms. The van der Waals surface area contributed by atoms with Crippen molar-refractivity contribution >= 4 is 22.8 Å². The molecule has 0 fully saturated rings. The van der Waals surface area contributed by atoms with Gasteiger partial charge in [-0.1, -0.05) is 32.0 Å². The molecule has 0 aliphatic heterocycles. The molecule has 0 aliphatic carbocycles. The van der Waals surface area contributed by atoms with Crippen LogP contribution < -0.4 is 10.9 Å². The van der Waals surface area contributed by atoms with Crippen LogP contribution in [0.4, 0.5) is 0 Å². The average molecular weight is 289 g/mol. The van der Waals surface area contributed by atoms with Crippen LogP contribution in [0, 0.1) is 5.92 Å². The van der Waals surface area contributed by atoms with Crippen LogP contribution in [-0.2, 0) is 4.79 Å². The molecule has 1 aromatic carbocycles. The molecule has 1 aromatic heterocycles. The van der Waals surface area contributed by atoms with Gasteiger partial charge >= 0.3 is 11.6 Å². The number of carbonyl (C=O) groups excluding carboxylic acids is 1. The highest BCUT2D eigenvalue weighted by Gasteiger charge is 2.25. The molecule has 0 bridgehead atoms. The fourth-order valence-electron chi connectivity index (χ4n) is 1.95. The molecular weight excluding hydrogens is 274 g/mol. The molecular formula is C15H15NO5. The van der Waals surface area contributed by atoms with E-state index in [1.54, 1.807) is 38.1 Å². The fraction of sp³-hybridized carbons (Fsp3) is 0.267. The predicted octanol–water partition coefficient (Wildman–Crippen LogP) is 1.63. The summed E-state index contributed by atoms with van der Waals surface area (Å²) in [4.78, 5) is 35.0. The third kappa shape index (κ3) is 3.10. The number of aliphatic carboxylic acids is 1. The van der Waals surface area contributed by atoms with E-state index in [0.29, 0.717) is 11.0 Å². The molecule has 1 heterocycles. The van der Waals surface area contributed by atoms with Crippen LogP contribution in [0.2, 0.25) is 0 Å².